The summed E-state index contributed by atoms with van der Waals surface area (Å²) in [5.41, 5.74) is 7.30. The van der Waals surface area contributed by atoms with Gasteiger partial charge in [0.1, 0.15) is 11.5 Å². The molecule has 8 heteroatoms. The Labute approximate surface area is 151 Å². The van der Waals surface area contributed by atoms with Crippen molar-refractivity contribution in [2.75, 3.05) is 24.9 Å². The highest BCUT2D eigenvalue weighted by molar-refractivity contribution is 7.81. The van der Waals surface area contributed by atoms with Crippen LogP contribution in [-0.2, 0) is 0 Å². The van der Waals surface area contributed by atoms with Gasteiger partial charge in [-0.3, -0.25) is 10.9 Å². The van der Waals surface area contributed by atoms with E-state index in [-0.39, 0.29) is 0 Å². The van der Waals surface area contributed by atoms with E-state index in [9.17, 15) is 0 Å². The van der Waals surface area contributed by atoms with Crippen molar-refractivity contribution >= 4 is 46.0 Å². The Kier molecular flexibility index (Phi) is 6.59. The summed E-state index contributed by atoms with van der Waals surface area (Å²) in [6, 6.07) is 14.8. The number of rotatable bonds is 4. The quantitative estimate of drug-likeness (QED) is 0.489. The highest BCUT2D eigenvalue weighted by Crippen LogP contribution is 2.15. The molecule has 126 valence electrons. The monoisotopic (exact) mass is 362 g/mol. The van der Waals surface area contributed by atoms with Crippen LogP contribution in [0.3, 0.4) is 0 Å². The van der Waals surface area contributed by atoms with Crippen molar-refractivity contribution in [3.63, 3.8) is 0 Å². The molecule has 0 aliphatic rings. The largest absolute Gasteiger partial charge is 0.497 e. The normalized spacial score (nSPS) is 9.58. The minimum Gasteiger partial charge on any atom is -0.497 e. The summed E-state index contributed by atoms with van der Waals surface area (Å²) in [6.45, 7) is 0. The first-order chi connectivity index (χ1) is 11.6. The molecule has 0 aliphatic carbocycles. The maximum absolute atomic E-state index is 5.19. The van der Waals surface area contributed by atoms with Crippen molar-refractivity contribution < 1.29 is 9.47 Å². The van der Waals surface area contributed by atoms with Crippen molar-refractivity contribution in [3.8, 4) is 11.5 Å². The van der Waals surface area contributed by atoms with E-state index in [1.807, 2.05) is 48.5 Å². The Morgan fingerprint density at radius 2 is 1.00 bits per heavy atom. The predicted molar refractivity (Wildman–Crippen MR) is 105 cm³/mol. The first-order valence-electron chi connectivity index (χ1n) is 7.03. The number of anilines is 2. The zero-order chi connectivity index (χ0) is 17.4. The molecule has 0 saturated heterocycles. The fourth-order valence-electron chi connectivity index (χ4n) is 1.79. The Hall–Kier alpha value is -2.58. The van der Waals surface area contributed by atoms with Crippen LogP contribution < -0.4 is 31.0 Å². The van der Waals surface area contributed by atoms with Crippen LogP contribution in [0.25, 0.3) is 0 Å². The number of hydrogen-bond acceptors (Lipinski definition) is 4. The SMILES string of the molecule is COc1ccc(NC(=S)NNC(=S)Nc2ccc(OC)cc2)cc1. The van der Waals surface area contributed by atoms with E-state index in [0.29, 0.717) is 10.2 Å². The Morgan fingerprint density at radius 3 is 1.29 bits per heavy atom. The second-order valence-corrected chi connectivity index (χ2v) is 5.43. The maximum atomic E-state index is 5.19. The third-order valence-corrected chi connectivity index (χ3v) is 3.39. The Balaban J connectivity index is 1.76. The molecule has 0 bridgehead atoms. The number of nitrogens with one attached hydrogen (secondary N) is 4. The van der Waals surface area contributed by atoms with Crippen LogP contribution >= 0.6 is 24.4 Å². The Morgan fingerprint density at radius 1 is 0.667 bits per heavy atom. The molecule has 0 aliphatic heterocycles. The summed E-state index contributed by atoms with van der Waals surface area (Å²) < 4.78 is 10.2. The van der Waals surface area contributed by atoms with E-state index in [1.165, 1.54) is 0 Å². The number of ether oxygens (including phenoxy) is 2. The molecular formula is C16H18N4O2S2. The fourth-order valence-corrected chi connectivity index (χ4v) is 2.12. The van der Waals surface area contributed by atoms with Crippen molar-refractivity contribution in [2.45, 2.75) is 0 Å². The summed E-state index contributed by atoms with van der Waals surface area (Å²) in [6.07, 6.45) is 0. The lowest BCUT2D eigenvalue weighted by molar-refractivity contribution is 0.415. The van der Waals surface area contributed by atoms with Gasteiger partial charge < -0.3 is 20.1 Å². The minimum atomic E-state index is 0.388. The van der Waals surface area contributed by atoms with Gasteiger partial charge in [-0.1, -0.05) is 0 Å². The average molecular weight is 362 g/mol. The van der Waals surface area contributed by atoms with Gasteiger partial charge in [-0.25, -0.2) is 0 Å². The van der Waals surface area contributed by atoms with Crippen molar-refractivity contribution in [2.24, 2.45) is 0 Å². The Bertz CT molecular complexity index is 629. The number of benzene rings is 2. The molecule has 0 atom stereocenters. The van der Waals surface area contributed by atoms with E-state index in [2.05, 4.69) is 21.5 Å². The number of hydrogen-bond donors (Lipinski definition) is 4. The molecule has 24 heavy (non-hydrogen) atoms. The molecule has 0 spiro atoms. The fraction of sp³-hybridized carbons (Fsp3) is 0.125. The molecule has 6 nitrogen and oxygen atoms in total. The molecular weight excluding hydrogens is 344 g/mol. The van der Waals surface area contributed by atoms with Crippen LogP contribution in [0.2, 0.25) is 0 Å². The molecule has 0 saturated carbocycles. The first-order valence-corrected chi connectivity index (χ1v) is 7.84. The molecule has 2 aromatic rings. The maximum Gasteiger partial charge on any atom is 0.189 e. The van der Waals surface area contributed by atoms with Gasteiger partial charge in [-0.15, -0.1) is 0 Å². The summed E-state index contributed by atoms with van der Waals surface area (Å²) >= 11 is 10.4. The molecule has 2 rings (SSSR count). The van der Waals surface area contributed by atoms with E-state index in [1.54, 1.807) is 14.2 Å². The van der Waals surface area contributed by atoms with Crippen molar-refractivity contribution in [1.29, 1.82) is 0 Å². The summed E-state index contributed by atoms with van der Waals surface area (Å²) in [5.74, 6) is 1.56. The van der Waals surface area contributed by atoms with E-state index in [0.717, 1.165) is 22.9 Å². The minimum absolute atomic E-state index is 0.388. The van der Waals surface area contributed by atoms with E-state index in [4.69, 9.17) is 33.9 Å². The highest BCUT2D eigenvalue weighted by atomic mass is 32.1. The van der Waals surface area contributed by atoms with Gasteiger partial charge in [-0.2, -0.15) is 0 Å². The third kappa shape index (κ3) is 5.56. The zero-order valence-corrected chi connectivity index (χ0v) is 14.9. The third-order valence-electron chi connectivity index (χ3n) is 2.99. The van der Waals surface area contributed by atoms with Gasteiger partial charge in [0.05, 0.1) is 14.2 Å². The van der Waals surface area contributed by atoms with Crippen LogP contribution in [0.15, 0.2) is 48.5 Å². The lowest BCUT2D eigenvalue weighted by Gasteiger charge is -2.14. The summed E-state index contributed by atoms with van der Waals surface area (Å²) in [7, 11) is 3.24. The molecule has 0 aromatic heterocycles. The molecule has 4 N–H and O–H groups in total. The molecule has 0 unspecified atom stereocenters. The second-order valence-electron chi connectivity index (χ2n) is 4.62. The van der Waals surface area contributed by atoms with Crippen LogP contribution in [0, 0.1) is 0 Å². The molecule has 0 radical (unpaired) electrons. The first kappa shape index (κ1) is 17.8. The zero-order valence-electron chi connectivity index (χ0n) is 13.3. The van der Waals surface area contributed by atoms with Crippen LogP contribution in [0.5, 0.6) is 11.5 Å². The van der Waals surface area contributed by atoms with Crippen LogP contribution in [0.4, 0.5) is 11.4 Å². The predicted octanol–water partition coefficient (Wildman–Crippen LogP) is 2.89. The van der Waals surface area contributed by atoms with Crippen LogP contribution in [0.1, 0.15) is 0 Å². The lowest BCUT2D eigenvalue weighted by Crippen LogP contribution is -2.45. The standard InChI is InChI=1S/C16H18N4O2S2/c1-21-13-7-3-11(4-8-13)17-15(23)19-20-16(24)18-12-5-9-14(22-2)10-6-12/h3-10H,1-2H3,(H2,17,19,23)(H2,18,20,24). The van der Waals surface area contributed by atoms with Gasteiger partial charge in [0, 0.05) is 11.4 Å². The topological polar surface area (TPSA) is 66.6 Å². The van der Waals surface area contributed by atoms with Gasteiger partial charge in [-0.05, 0) is 73.0 Å². The van der Waals surface area contributed by atoms with Gasteiger partial charge >= 0.3 is 0 Å². The molecule has 2 aromatic carbocycles. The lowest BCUT2D eigenvalue weighted by atomic mass is 10.3. The van der Waals surface area contributed by atoms with Crippen molar-refractivity contribution in [1.82, 2.24) is 10.9 Å². The van der Waals surface area contributed by atoms with Gasteiger partial charge in [0.2, 0.25) is 0 Å². The van der Waals surface area contributed by atoms with Crippen molar-refractivity contribution in [3.05, 3.63) is 48.5 Å². The van der Waals surface area contributed by atoms with E-state index >= 15 is 0 Å². The summed E-state index contributed by atoms with van der Waals surface area (Å²) in [5, 5.41) is 6.83. The average Bonchev–Trinajstić information content (AvgIpc) is 2.61. The molecule has 0 amide bonds. The smallest absolute Gasteiger partial charge is 0.189 e. The van der Waals surface area contributed by atoms with E-state index < -0.39 is 0 Å². The number of methoxy groups -OCH3 is 2. The highest BCUT2D eigenvalue weighted by Gasteiger charge is 2.01. The van der Waals surface area contributed by atoms with Gasteiger partial charge in [0.25, 0.3) is 0 Å². The van der Waals surface area contributed by atoms with Crippen LogP contribution in [-0.4, -0.2) is 24.4 Å². The second kappa shape index (κ2) is 8.90. The van der Waals surface area contributed by atoms with Gasteiger partial charge in [0.15, 0.2) is 10.2 Å². The molecule has 0 heterocycles. The number of hydrazine groups is 1. The molecule has 0 fully saturated rings. The number of thiocarbonyl (C=S) groups is 2. The summed E-state index contributed by atoms with van der Waals surface area (Å²) in [4.78, 5) is 0.